The van der Waals surface area contributed by atoms with E-state index in [2.05, 4.69) is 24.1 Å². The van der Waals surface area contributed by atoms with E-state index in [9.17, 15) is 0 Å². The average Bonchev–Trinajstić information content (AvgIpc) is 2.75. The smallest absolute Gasteiger partial charge is 0.0125 e. The number of likely N-dealkylation sites (tertiary alicyclic amines) is 1. The Labute approximate surface area is 101 Å². The topological polar surface area (TPSA) is 15.3 Å². The molecule has 2 heterocycles. The zero-order chi connectivity index (χ0) is 11.4. The Morgan fingerprint density at radius 3 is 2.62 bits per heavy atom. The van der Waals surface area contributed by atoms with Gasteiger partial charge in [0, 0.05) is 6.04 Å². The largest absolute Gasteiger partial charge is 0.317 e. The summed E-state index contributed by atoms with van der Waals surface area (Å²) in [7, 11) is 0. The van der Waals surface area contributed by atoms with Gasteiger partial charge in [0.25, 0.3) is 0 Å². The van der Waals surface area contributed by atoms with Crippen LogP contribution in [0, 0.1) is 11.8 Å². The van der Waals surface area contributed by atoms with Gasteiger partial charge in [0.1, 0.15) is 0 Å². The van der Waals surface area contributed by atoms with Gasteiger partial charge in [-0.05, 0) is 70.1 Å². The fourth-order valence-electron chi connectivity index (χ4n) is 3.32. The highest BCUT2D eigenvalue weighted by Gasteiger charge is 2.31. The first kappa shape index (κ1) is 12.4. The standard InChI is InChI=1S/C14H28N2/c1-12(2)7-11-16-10-3-4-14(16)13-5-8-15-9-6-13/h12-15H,3-11H2,1-2H3. The molecule has 0 amide bonds. The van der Waals surface area contributed by atoms with E-state index >= 15 is 0 Å². The first-order valence-corrected chi connectivity index (χ1v) is 7.22. The zero-order valence-electron chi connectivity index (χ0n) is 11.0. The van der Waals surface area contributed by atoms with E-state index in [4.69, 9.17) is 0 Å². The van der Waals surface area contributed by atoms with Gasteiger partial charge in [0.05, 0.1) is 0 Å². The lowest BCUT2D eigenvalue weighted by Gasteiger charge is -2.34. The molecule has 2 fully saturated rings. The molecular weight excluding hydrogens is 196 g/mol. The minimum Gasteiger partial charge on any atom is -0.317 e. The SMILES string of the molecule is CC(C)CCN1CCCC1C1CCNCC1. The van der Waals surface area contributed by atoms with E-state index in [1.807, 2.05) is 0 Å². The minimum absolute atomic E-state index is 0.856. The van der Waals surface area contributed by atoms with Gasteiger partial charge in [-0.15, -0.1) is 0 Å². The molecule has 0 aromatic carbocycles. The molecule has 0 bridgehead atoms. The molecule has 0 aliphatic carbocycles. The van der Waals surface area contributed by atoms with Crippen LogP contribution < -0.4 is 5.32 Å². The van der Waals surface area contributed by atoms with Crippen molar-refractivity contribution in [2.24, 2.45) is 11.8 Å². The van der Waals surface area contributed by atoms with Crippen molar-refractivity contribution in [3.8, 4) is 0 Å². The molecule has 2 rings (SSSR count). The molecule has 2 nitrogen and oxygen atoms in total. The van der Waals surface area contributed by atoms with Crippen molar-refractivity contribution >= 4 is 0 Å². The third-order valence-electron chi connectivity index (χ3n) is 4.34. The van der Waals surface area contributed by atoms with Crippen molar-refractivity contribution in [2.45, 2.75) is 52.0 Å². The van der Waals surface area contributed by atoms with Gasteiger partial charge in [-0.1, -0.05) is 13.8 Å². The van der Waals surface area contributed by atoms with Gasteiger partial charge in [0.15, 0.2) is 0 Å². The lowest BCUT2D eigenvalue weighted by Crippen LogP contribution is -2.41. The van der Waals surface area contributed by atoms with E-state index < -0.39 is 0 Å². The molecule has 1 unspecified atom stereocenters. The molecule has 2 saturated heterocycles. The van der Waals surface area contributed by atoms with Crippen molar-refractivity contribution in [1.82, 2.24) is 10.2 Å². The van der Waals surface area contributed by atoms with Gasteiger partial charge >= 0.3 is 0 Å². The second-order valence-corrected chi connectivity index (χ2v) is 6.02. The predicted octanol–water partition coefficient (Wildman–Crippen LogP) is 2.50. The third kappa shape index (κ3) is 3.21. The highest BCUT2D eigenvalue weighted by molar-refractivity contribution is 4.87. The lowest BCUT2D eigenvalue weighted by atomic mass is 9.88. The highest BCUT2D eigenvalue weighted by Crippen LogP contribution is 2.29. The number of nitrogens with one attached hydrogen (secondary N) is 1. The van der Waals surface area contributed by atoms with Crippen LogP contribution in [0.1, 0.15) is 46.0 Å². The normalized spacial score (nSPS) is 29.1. The Morgan fingerprint density at radius 1 is 1.19 bits per heavy atom. The Bertz CT molecular complexity index is 197. The second kappa shape index (κ2) is 6.02. The van der Waals surface area contributed by atoms with Crippen LogP contribution in [-0.2, 0) is 0 Å². The van der Waals surface area contributed by atoms with Crippen LogP contribution in [0.5, 0.6) is 0 Å². The first-order valence-electron chi connectivity index (χ1n) is 7.22. The number of nitrogens with zero attached hydrogens (tertiary/aromatic N) is 1. The van der Waals surface area contributed by atoms with E-state index in [0.717, 1.165) is 17.9 Å². The number of hydrogen-bond donors (Lipinski definition) is 1. The van der Waals surface area contributed by atoms with Gasteiger partial charge in [-0.3, -0.25) is 0 Å². The monoisotopic (exact) mass is 224 g/mol. The fraction of sp³-hybridized carbons (Fsp3) is 1.00. The number of piperidine rings is 1. The van der Waals surface area contributed by atoms with E-state index in [-0.39, 0.29) is 0 Å². The summed E-state index contributed by atoms with van der Waals surface area (Å²) in [6.07, 6.45) is 7.09. The molecular formula is C14H28N2. The van der Waals surface area contributed by atoms with Crippen LogP contribution in [0.4, 0.5) is 0 Å². The molecule has 0 aromatic heterocycles. The molecule has 1 atom stereocenters. The zero-order valence-corrected chi connectivity index (χ0v) is 11.0. The molecule has 2 aliphatic heterocycles. The summed E-state index contributed by atoms with van der Waals surface area (Å²) in [5.74, 6) is 1.84. The molecule has 0 aromatic rings. The average molecular weight is 224 g/mol. The molecule has 1 N–H and O–H groups in total. The van der Waals surface area contributed by atoms with Crippen LogP contribution in [0.2, 0.25) is 0 Å². The summed E-state index contributed by atoms with van der Waals surface area (Å²) < 4.78 is 0. The van der Waals surface area contributed by atoms with E-state index in [1.165, 1.54) is 58.3 Å². The number of hydrogen-bond acceptors (Lipinski definition) is 2. The highest BCUT2D eigenvalue weighted by atomic mass is 15.2. The third-order valence-corrected chi connectivity index (χ3v) is 4.34. The Hall–Kier alpha value is -0.0800. The Balaban J connectivity index is 1.82. The van der Waals surface area contributed by atoms with Crippen molar-refractivity contribution in [2.75, 3.05) is 26.2 Å². The maximum Gasteiger partial charge on any atom is 0.0125 e. The summed E-state index contributed by atoms with van der Waals surface area (Å²) in [4.78, 5) is 2.79. The fourth-order valence-corrected chi connectivity index (χ4v) is 3.32. The molecule has 94 valence electrons. The summed E-state index contributed by atoms with van der Waals surface area (Å²) in [6, 6.07) is 0.917. The van der Waals surface area contributed by atoms with Crippen LogP contribution in [0.15, 0.2) is 0 Å². The minimum atomic E-state index is 0.856. The summed E-state index contributed by atoms with van der Waals surface area (Å²) in [5, 5.41) is 3.48. The van der Waals surface area contributed by atoms with Gasteiger partial charge in [-0.25, -0.2) is 0 Å². The first-order chi connectivity index (χ1) is 7.77. The maximum atomic E-state index is 3.48. The van der Waals surface area contributed by atoms with Gasteiger partial charge < -0.3 is 10.2 Å². The quantitative estimate of drug-likeness (QED) is 0.789. The molecule has 0 radical (unpaired) electrons. The van der Waals surface area contributed by atoms with Crippen LogP contribution >= 0.6 is 0 Å². The van der Waals surface area contributed by atoms with Crippen molar-refractivity contribution in [3.63, 3.8) is 0 Å². The van der Waals surface area contributed by atoms with E-state index in [0.29, 0.717) is 0 Å². The molecule has 16 heavy (non-hydrogen) atoms. The van der Waals surface area contributed by atoms with Crippen molar-refractivity contribution < 1.29 is 0 Å². The summed E-state index contributed by atoms with van der Waals surface area (Å²) in [5.41, 5.74) is 0. The second-order valence-electron chi connectivity index (χ2n) is 6.02. The van der Waals surface area contributed by atoms with Crippen molar-refractivity contribution in [3.05, 3.63) is 0 Å². The summed E-state index contributed by atoms with van der Waals surface area (Å²) in [6.45, 7) is 9.89. The Morgan fingerprint density at radius 2 is 1.94 bits per heavy atom. The van der Waals surface area contributed by atoms with Crippen LogP contribution in [0.25, 0.3) is 0 Å². The van der Waals surface area contributed by atoms with Crippen molar-refractivity contribution in [1.29, 1.82) is 0 Å². The molecule has 2 aliphatic rings. The van der Waals surface area contributed by atoms with Gasteiger partial charge in [0.2, 0.25) is 0 Å². The predicted molar refractivity (Wildman–Crippen MR) is 69.6 cm³/mol. The van der Waals surface area contributed by atoms with Crippen LogP contribution in [-0.4, -0.2) is 37.1 Å². The molecule has 0 saturated carbocycles. The molecule has 0 spiro atoms. The van der Waals surface area contributed by atoms with Gasteiger partial charge in [-0.2, -0.15) is 0 Å². The lowest BCUT2D eigenvalue weighted by molar-refractivity contribution is 0.156. The maximum absolute atomic E-state index is 3.48. The number of rotatable bonds is 4. The Kier molecular flexibility index (Phi) is 4.66. The molecule has 2 heteroatoms. The summed E-state index contributed by atoms with van der Waals surface area (Å²) >= 11 is 0. The van der Waals surface area contributed by atoms with Crippen LogP contribution in [0.3, 0.4) is 0 Å². The van der Waals surface area contributed by atoms with E-state index in [1.54, 1.807) is 0 Å².